The Kier molecular flexibility index (Phi) is 16.5. The molecule has 0 aromatic carbocycles. The number of carbonyl (C=O) groups is 1. The molecule has 1 heteroatoms. The van der Waals surface area contributed by atoms with Crippen molar-refractivity contribution in [2.45, 2.75) is 85.5 Å². The molecule has 142 valence electrons. The third-order valence-electron chi connectivity index (χ3n) is 4.27. The van der Waals surface area contributed by atoms with E-state index in [9.17, 15) is 4.79 Å². The van der Waals surface area contributed by atoms with Crippen molar-refractivity contribution in [3.8, 4) is 0 Å². The first-order chi connectivity index (χ1) is 12.1. The van der Waals surface area contributed by atoms with Crippen LogP contribution >= 0.6 is 0 Å². The minimum absolute atomic E-state index is 0.180. The van der Waals surface area contributed by atoms with Crippen LogP contribution in [0.15, 0.2) is 48.6 Å². The molecule has 0 N–H and O–H groups in total. The van der Waals surface area contributed by atoms with Crippen molar-refractivity contribution in [2.75, 3.05) is 0 Å². The summed E-state index contributed by atoms with van der Waals surface area (Å²) in [5.74, 6) is 1.25. The predicted molar refractivity (Wildman–Crippen MR) is 113 cm³/mol. The third kappa shape index (κ3) is 17.2. The van der Waals surface area contributed by atoms with Crippen LogP contribution in [0.4, 0.5) is 0 Å². The highest BCUT2D eigenvalue weighted by Crippen LogP contribution is 2.10. The quantitative estimate of drug-likeness (QED) is 0.170. The minimum atomic E-state index is 0.180. The average Bonchev–Trinajstić information content (AvgIpc) is 2.58. The van der Waals surface area contributed by atoms with Crippen LogP contribution in [0.2, 0.25) is 0 Å². The molecule has 0 aliphatic heterocycles. The highest BCUT2D eigenvalue weighted by molar-refractivity contribution is 5.80. The number of hydrogen-bond donors (Lipinski definition) is 0. The molecular formula is C24H40O. The van der Waals surface area contributed by atoms with Gasteiger partial charge in [-0.3, -0.25) is 4.79 Å². The first-order valence-electron chi connectivity index (χ1n) is 10.2. The fourth-order valence-electron chi connectivity index (χ4n) is 2.47. The largest absolute Gasteiger partial charge is 0.299 e. The van der Waals surface area contributed by atoms with Gasteiger partial charge in [-0.25, -0.2) is 0 Å². The number of allylic oxidation sites excluding steroid dienone is 8. The Morgan fingerprint density at radius 3 is 2.20 bits per heavy atom. The van der Waals surface area contributed by atoms with Gasteiger partial charge in [0.15, 0.2) is 0 Å². The molecule has 0 heterocycles. The van der Waals surface area contributed by atoms with Crippen molar-refractivity contribution in [1.29, 1.82) is 0 Å². The predicted octanol–water partition coefficient (Wildman–Crippen LogP) is 7.60. The summed E-state index contributed by atoms with van der Waals surface area (Å²) in [6.45, 7) is 8.50. The molecule has 0 amide bonds. The average molecular weight is 345 g/mol. The molecule has 0 aliphatic rings. The van der Waals surface area contributed by atoms with Crippen molar-refractivity contribution in [2.24, 2.45) is 11.8 Å². The zero-order valence-electron chi connectivity index (χ0n) is 17.0. The first kappa shape index (κ1) is 23.6. The van der Waals surface area contributed by atoms with E-state index in [1.54, 1.807) is 0 Å². The van der Waals surface area contributed by atoms with Crippen molar-refractivity contribution in [3.63, 3.8) is 0 Å². The van der Waals surface area contributed by atoms with Crippen LogP contribution in [-0.2, 0) is 4.79 Å². The van der Waals surface area contributed by atoms with Gasteiger partial charge in [0.05, 0.1) is 0 Å². The van der Waals surface area contributed by atoms with E-state index in [0.717, 1.165) is 25.7 Å². The van der Waals surface area contributed by atoms with E-state index in [2.05, 4.69) is 62.5 Å². The van der Waals surface area contributed by atoms with Crippen LogP contribution in [0.1, 0.15) is 85.5 Å². The Morgan fingerprint density at radius 2 is 1.52 bits per heavy atom. The summed E-state index contributed by atoms with van der Waals surface area (Å²) < 4.78 is 0. The van der Waals surface area contributed by atoms with Gasteiger partial charge < -0.3 is 0 Å². The van der Waals surface area contributed by atoms with E-state index in [4.69, 9.17) is 0 Å². The molecule has 0 spiro atoms. The second-order valence-corrected chi connectivity index (χ2v) is 7.21. The van der Waals surface area contributed by atoms with Gasteiger partial charge >= 0.3 is 0 Å². The van der Waals surface area contributed by atoms with Gasteiger partial charge in [-0.05, 0) is 38.0 Å². The van der Waals surface area contributed by atoms with Crippen molar-refractivity contribution in [1.82, 2.24) is 0 Å². The Labute approximate surface area is 157 Å². The fourth-order valence-corrected chi connectivity index (χ4v) is 2.47. The molecule has 1 unspecified atom stereocenters. The molecule has 1 atom stereocenters. The molecule has 0 aliphatic carbocycles. The van der Waals surface area contributed by atoms with Gasteiger partial charge in [-0.2, -0.15) is 0 Å². The zero-order chi connectivity index (χ0) is 18.8. The Bertz CT molecular complexity index is 423. The lowest BCUT2D eigenvalue weighted by atomic mass is 10.0. The topological polar surface area (TPSA) is 17.1 Å². The van der Waals surface area contributed by atoms with E-state index >= 15 is 0 Å². The van der Waals surface area contributed by atoms with Gasteiger partial charge in [0.25, 0.3) is 0 Å². The smallest absolute Gasteiger partial charge is 0.135 e. The number of ketones is 1. The second-order valence-electron chi connectivity index (χ2n) is 7.21. The highest BCUT2D eigenvalue weighted by atomic mass is 16.1. The summed E-state index contributed by atoms with van der Waals surface area (Å²) in [6.07, 6.45) is 27.6. The number of hydrogen-bond acceptors (Lipinski definition) is 1. The van der Waals surface area contributed by atoms with Crippen LogP contribution in [0, 0.1) is 11.8 Å². The first-order valence-corrected chi connectivity index (χ1v) is 10.2. The van der Waals surface area contributed by atoms with E-state index in [-0.39, 0.29) is 5.92 Å². The third-order valence-corrected chi connectivity index (χ3v) is 4.27. The standard InChI is InChI=1S/C24H40O/c1-5-6-16-19-23(4)20-17-14-12-10-8-7-9-11-13-15-18-21-24(25)22(2)3/h7-8,11-14,17,20,22-23H,5-6,9-10,15-16,18-19,21H2,1-4H3/b8-7+,13-11+,14-12+,20-17+. The maximum absolute atomic E-state index is 11.5. The summed E-state index contributed by atoms with van der Waals surface area (Å²) in [7, 11) is 0. The lowest BCUT2D eigenvalue weighted by molar-refractivity contribution is -0.121. The molecule has 0 radical (unpaired) electrons. The molecular weight excluding hydrogens is 304 g/mol. The highest BCUT2D eigenvalue weighted by Gasteiger charge is 2.04. The maximum atomic E-state index is 11.5. The van der Waals surface area contributed by atoms with Crippen LogP contribution < -0.4 is 0 Å². The summed E-state index contributed by atoms with van der Waals surface area (Å²) in [5, 5.41) is 0. The summed E-state index contributed by atoms with van der Waals surface area (Å²) in [6, 6.07) is 0. The van der Waals surface area contributed by atoms with Crippen molar-refractivity contribution in [3.05, 3.63) is 48.6 Å². The molecule has 0 aromatic heterocycles. The van der Waals surface area contributed by atoms with Crippen molar-refractivity contribution < 1.29 is 4.79 Å². The molecule has 0 rings (SSSR count). The normalized spacial score (nSPS) is 14.0. The lowest BCUT2D eigenvalue weighted by Crippen LogP contribution is -2.05. The summed E-state index contributed by atoms with van der Waals surface area (Å²) in [5.41, 5.74) is 0. The van der Waals surface area contributed by atoms with Gasteiger partial charge in [0, 0.05) is 12.3 Å². The Morgan fingerprint density at radius 1 is 0.840 bits per heavy atom. The van der Waals surface area contributed by atoms with Gasteiger partial charge in [0.1, 0.15) is 5.78 Å². The fraction of sp³-hybridized carbons (Fsp3) is 0.625. The SMILES string of the molecule is CCCCCC(C)/C=C/C=C/C/C=C/C/C=C/CCCC(=O)C(C)C. The van der Waals surface area contributed by atoms with Gasteiger partial charge in [-0.15, -0.1) is 0 Å². The molecule has 0 saturated heterocycles. The number of carbonyl (C=O) groups excluding carboxylic acids is 1. The Hall–Kier alpha value is -1.37. The van der Waals surface area contributed by atoms with E-state index in [1.807, 2.05) is 13.8 Å². The zero-order valence-corrected chi connectivity index (χ0v) is 17.0. The van der Waals surface area contributed by atoms with Crippen LogP contribution in [-0.4, -0.2) is 5.78 Å². The molecule has 0 saturated carbocycles. The van der Waals surface area contributed by atoms with E-state index < -0.39 is 0 Å². The summed E-state index contributed by atoms with van der Waals surface area (Å²) in [4.78, 5) is 11.5. The Balaban J connectivity index is 3.62. The summed E-state index contributed by atoms with van der Waals surface area (Å²) >= 11 is 0. The van der Waals surface area contributed by atoms with Crippen LogP contribution in [0.3, 0.4) is 0 Å². The second kappa shape index (κ2) is 17.5. The van der Waals surface area contributed by atoms with Crippen LogP contribution in [0.5, 0.6) is 0 Å². The molecule has 0 aromatic rings. The maximum Gasteiger partial charge on any atom is 0.135 e. The van der Waals surface area contributed by atoms with E-state index in [1.165, 1.54) is 25.7 Å². The molecule has 0 fully saturated rings. The molecule has 1 nitrogen and oxygen atoms in total. The monoisotopic (exact) mass is 344 g/mol. The van der Waals surface area contributed by atoms with E-state index in [0.29, 0.717) is 18.1 Å². The number of unbranched alkanes of at least 4 members (excludes halogenated alkanes) is 3. The number of rotatable bonds is 15. The molecule has 0 bridgehead atoms. The van der Waals surface area contributed by atoms with Crippen molar-refractivity contribution >= 4 is 5.78 Å². The number of Topliss-reactive ketones (excluding diaryl/α,β-unsaturated/α-hetero) is 1. The van der Waals surface area contributed by atoms with Crippen LogP contribution in [0.25, 0.3) is 0 Å². The van der Waals surface area contributed by atoms with Gasteiger partial charge in [0.2, 0.25) is 0 Å². The lowest BCUT2D eigenvalue weighted by Gasteiger charge is -2.03. The minimum Gasteiger partial charge on any atom is -0.299 e. The molecule has 25 heavy (non-hydrogen) atoms. The van der Waals surface area contributed by atoms with Gasteiger partial charge in [-0.1, -0.05) is 95.6 Å².